The lowest BCUT2D eigenvalue weighted by molar-refractivity contribution is -0.938. The molecule has 5 heteroatoms. The number of ether oxygens (including phenoxy) is 1. The number of piperidine rings is 3. The van der Waals surface area contributed by atoms with Crippen LogP contribution in [0, 0.1) is 11.8 Å². The Hall–Kier alpha value is -1.20. The lowest BCUT2D eigenvalue weighted by Gasteiger charge is -2.51. The van der Waals surface area contributed by atoms with Crippen molar-refractivity contribution in [2.24, 2.45) is 11.8 Å². The standard InChI is InChI=1S/C16H22NO3S/c1-2-20-15(18)11-17-7-5-12(6-8-17)13(10-17)16(19)14-4-3-9-21-14/h3-4,9,12-13H,2,5-8,10-11H2,1H3/q+1/t12?,13-,17?/m0/s1. The molecule has 3 aliphatic rings. The van der Waals surface area contributed by atoms with Gasteiger partial charge in [0, 0.05) is 12.8 Å². The Kier molecular flexibility index (Phi) is 4.13. The zero-order valence-corrected chi connectivity index (χ0v) is 13.2. The number of carbonyl (C=O) groups excluding carboxylic acids is 2. The van der Waals surface area contributed by atoms with Crippen molar-refractivity contribution < 1.29 is 18.8 Å². The average molecular weight is 308 g/mol. The Morgan fingerprint density at radius 1 is 1.38 bits per heavy atom. The lowest BCUT2D eigenvalue weighted by Crippen LogP contribution is -2.64. The molecule has 0 N–H and O–H groups in total. The van der Waals surface area contributed by atoms with Gasteiger partial charge in [-0.15, -0.1) is 11.3 Å². The summed E-state index contributed by atoms with van der Waals surface area (Å²) in [6.07, 6.45) is 2.11. The van der Waals surface area contributed by atoms with Crippen LogP contribution in [0.4, 0.5) is 0 Å². The fourth-order valence-corrected chi connectivity index (χ4v) is 4.62. The first kappa shape index (κ1) is 14.7. The predicted molar refractivity (Wildman–Crippen MR) is 81.2 cm³/mol. The molecule has 2 bridgehead atoms. The van der Waals surface area contributed by atoms with E-state index in [0.717, 1.165) is 41.8 Å². The summed E-state index contributed by atoms with van der Waals surface area (Å²) in [6.45, 7) is 5.52. The van der Waals surface area contributed by atoms with Gasteiger partial charge in [-0.2, -0.15) is 0 Å². The Morgan fingerprint density at radius 2 is 2.14 bits per heavy atom. The summed E-state index contributed by atoms with van der Waals surface area (Å²) in [5, 5.41) is 1.96. The van der Waals surface area contributed by atoms with E-state index in [2.05, 4.69) is 0 Å². The zero-order valence-electron chi connectivity index (χ0n) is 12.4. The van der Waals surface area contributed by atoms with Crippen LogP contribution < -0.4 is 0 Å². The Labute approximate surface area is 129 Å². The van der Waals surface area contributed by atoms with E-state index in [0.29, 0.717) is 19.1 Å². The van der Waals surface area contributed by atoms with Crippen molar-refractivity contribution in [3.05, 3.63) is 22.4 Å². The van der Waals surface area contributed by atoms with Crippen molar-refractivity contribution in [3.8, 4) is 0 Å². The molecule has 3 saturated heterocycles. The van der Waals surface area contributed by atoms with Gasteiger partial charge in [-0.3, -0.25) is 4.79 Å². The third-order valence-electron chi connectivity index (χ3n) is 4.97. The molecule has 4 rings (SSSR count). The highest BCUT2D eigenvalue weighted by Gasteiger charge is 2.49. The number of rotatable bonds is 5. The number of Topliss-reactive ketones (excluding diaryl/α,β-unsaturated/α-hetero) is 1. The van der Waals surface area contributed by atoms with Crippen LogP contribution in [0.1, 0.15) is 29.4 Å². The molecule has 0 radical (unpaired) electrons. The number of carbonyl (C=O) groups is 2. The minimum absolute atomic E-state index is 0.0839. The van der Waals surface area contributed by atoms with Crippen LogP contribution >= 0.6 is 11.3 Å². The summed E-state index contributed by atoms with van der Waals surface area (Å²) in [4.78, 5) is 25.4. The van der Waals surface area contributed by atoms with Crippen LogP contribution in [0.3, 0.4) is 0 Å². The number of hydrogen-bond acceptors (Lipinski definition) is 4. The summed E-state index contributed by atoms with van der Waals surface area (Å²) in [6, 6.07) is 3.85. The molecule has 3 aliphatic heterocycles. The van der Waals surface area contributed by atoms with E-state index in [9.17, 15) is 9.59 Å². The van der Waals surface area contributed by atoms with Crippen molar-refractivity contribution in [1.29, 1.82) is 0 Å². The minimum Gasteiger partial charge on any atom is -0.462 e. The zero-order chi connectivity index (χ0) is 14.9. The Bertz CT molecular complexity index is 518. The molecular weight excluding hydrogens is 286 g/mol. The van der Waals surface area contributed by atoms with E-state index < -0.39 is 0 Å². The molecule has 4 heterocycles. The highest BCUT2D eigenvalue weighted by molar-refractivity contribution is 7.12. The Morgan fingerprint density at radius 3 is 2.76 bits per heavy atom. The highest BCUT2D eigenvalue weighted by atomic mass is 32.1. The number of quaternary nitrogens is 1. The van der Waals surface area contributed by atoms with Gasteiger partial charge in [-0.25, -0.2) is 4.79 Å². The Balaban J connectivity index is 1.74. The minimum atomic E-state index is -0.125. The van der Waals surface area contributed by atoms with Gasteiger partial charge in [0.15, 0.2) is 12.3 Å². The maximum atomic E-state index is 12.7. The van der Waals surface area contributed by atoms with Crippen molar-refractivity contribution in [2.75, 3.05) is 32.8 Å². The van der Waals surface area contributed by atoms with Crippen molar-refractivity contribution in [2.45, 2.75) is 19.8 Å². The molecule has 0 unspecified atom stereocenters. The third-order valence-corrected chi connectivity index (χ3v) is 5.86. The number of nitrogens with zero attached hydrogens (tertiary/aromatic N) is 1. The normalized spacial score (nSPS) is 31.1. The topological polar surface area (TPSA) is 43.4 Å². The molecule has 21 heavy (non-hydrogen) atoms. The number of esters is 1. The van der Waals surface area contributed by atoms with Crippen LogP contribution in [-0.2, 0) is 9.53 Å². The molecular formula is C16H22NO3S+. The molecule has 1 atom stereocenters. The molecule has 114 valence electrons. The smallest absolute Gasteiger partial charge is 0.361 e. The first-order valence-corrected chi connectivity index (χ1v) is 8.60. The lowest BCUT2D eigenvalue weighted by atomic mass is 9.75. The summed E-state index contributed by atoms with van der Waals surface area (Å²) in [5.74, 6) is 0.739. The highest BCUT2D eigenvalue weighted by Crippen LogP contribution is 2.39. The van der Waals surface area contributed by atoms with E-state index in [1.54, 1.807) is 0 Å². The van der Waals surface area contributed by atoms with Gasteiger partial charge < -0.3 is 9.22 Å². The third kappa shape index (κ3) is 2.90. The summed E-state index contributed by atoms with van der Waals surface area (Å²) in [7, 11) is 0. The van der Waals surface area contributed by atoms with Crippen LogP contribution in [0.2, 0.25) is 0 Å². The molecule has 0 amide bonds. The summed E-state index contributed by atoms with van der Waals surface area (Å²) >= 11 is 1.52. The van der Waals surface area contributed by atoms with E-state index in [-0.39, 0.29) is 17.7 Å². The first-order valence-electron chi connectivity index (χ1n) is 7.72. The van der Waals surface area contributed by atoms with Gasteiger partial charge in [-0.05, 0) is 24.3 Å². The second kappa shape index (κ2) is 5.89. The van der Waals surface area contributed by atoms with Gasteiger partial charge >= 0.3 is 5.97 Å². The van der Waals surface area contributed by atoms with E-state index in [4.69, 9.17) is 4.74 Å². The average Bonchev–Trinajstić information content (AvgIpc) is 3.01. The molecule has 1 aromatic heterocycles. The van der Waals surface area contributed by atoms with E-state index in [1.807, 2.05) is 24.4 Å². The molecule has 0 aromatic carbocycles. The van der Waals surface area contributed by atoms with Crippen molar-refractivity contribution in [1.82, 2.24) is 0 Å². The van der Waals surface area contributed by atoms with Gasteiger partial charge in [0.1, 0.15) is 0 Å². The largest absolute Gasteiger partial charge is 0.462 e. The van der Waals surface area contributed by atoms with E-state index >= 15 is 0 Å². The van der Waals surface area contributed by atoms with E-state index in [1.165, 1.54) is 11.3 Å². The summed E-state index contributed by atoms with van der Waals surface area (Å²) < 4.78 is 5.87. The predicted octanol–water partition coefficient (Wildman–Crippen LogP) is 2.35. The fourth-order valence-electron chi connectivity index (χ4n) is 3.89. The molecule has 0 saturated carbocycles. The fraction of sp³-hybridized carbons (Fsp3) is 0.625. The second-order valence-electron chi connectivity index (χ2n) is 6.22. The van der Waals surface area contributed by atoms with Crippen LogP contribution in [0.25, 0.3) is 0 Å². The second-order valence-corrected chi connectivity index (χ2v) is 7.17. The van der Waals surface area contributed by atoms with Crippen molar-refractivity contribution in [3.63, 3.8) is 0 Å². The SMILES string of the molecule is CCOC(=O)C[N+]12CCC(CC1)[C@@H](C(=O)c1cccs1)C2. The van der Waals surface area contributed by atoms with Gasteiger partial charge in [-0.1, -0.05) is 6.07 Å². The van der Waals surface area contributed by atoms with Crippen LogP contribution in [-0.4, -0.2) is 49.0 Å². The molecule has 0 spiro atoms. The first-order chi connectivity index (χ1) is 10.1. The molecule has 4 nitrogen and oxygen atoms in total. The van der Waals surface area contributed by atoms with Crippen molar-refractivity contribution >= 4 is 23.1 Å². The molecule has 3 fully saturated rings. The number of hydrogen-bond donors (Lipinski definition) is 0. The number of thiophene rings is 1. The number of fused-ring (bicyclic) bond motifs is 3. The van der Waals surface area contributed by atoms with Gasteiger partial charge in [0.2, 0.25) is 0 Å². The number of ketones is 1. The summed E-state index contributed by atoms with van der Waals surface area (Å²) in [5.41, 5.74) is 0. The maximum Gasteiger partial charge on any atom is 0.361 e. The van der Waals surface area contributed by atoms with Gasteiger partial charge in [0.05, 0.1) is 37.0 Å². The van der Waals surface area contributed by atoms with Crippen LogP contribution in [0.15, 0.2) is 17.5 Å². The monoisotopic (exact) mass is 308 g/mol. The van der Waals surface area contributed by atoms with Crippen LogP contribution in [0.5, 0.6) is 0 Å². The quantitative estimate of drug-likeness (QED) is 0.476. The molecule has 1 aromatic rings. The van der Waals surface area contributed by atoms with Gasteiger partial charge in [0.25, 0.3) is 0 Å². The maximum absolute atomic E-state index is 12.7. The molecule has 0 aliphatic carbocycles.